The van der Waals surface area contributed by atoms with Crippen LogP contribution in [-0.2, 0) is 26.5 Å². The van der Waals surface area contributed by atoms with E-state index in [-0.39, 0.29) is 73.9 Å². The van der Waals surface area contributed by atoms with Gasteiger partial charge in [-0.1, -0.05) is 0 Å². The van der Waals surface area contributed by atoms with E-state index in [0.717, 1.165) is 0 Å². The van der Waals surface area contributed by atoms with E-state index in [1.54, 1.807) is 0 Å². The van der Waals surface area contributed by atoms with Crippen LogP contribution in [0.25, 0.3) is 0 Å². The van der Waals surface area contributed by atoms with Crippen molar-refractivity contribution in [3.63, 3.8) is 0 Å². The molecule has 0 aliphatic rings. The van der Waals surface area contributed by atoms with E-state index in [2.05, 4.69) is 0 Å². The second-order valence-corrected chi connectivity index (χ2v) is 2.68. The summed E-state index contributed by atoms with van der Waals surface area (Å²) in [5.41, 5.74) is 0. The summed E-state index contributed by atoms with van der Waals surface area (Å²) in [5.74, 6) is 0. The average Bonchev–Trinajstić information content (AvgIpc) is 1.12. The molecule has 0 aliphatic heterocycles. The second kappa shape index (κ2) is 15.5. The van der Waals surface area contributed by atoms with E-state index in [9.17, 15) is 0 Å². The monoisotopic (exact) mass is 263 g/mol. The molecule has 0 heterocycles. The summed E-state index contributed by atoms with van der Waals surface area (Å²) in [6.45, 7) is 0. The topological polar surface area (TPSA) is 172 Å². The third-order valence-electron chi connectivity index (χ3n) is 0. The molecule has 0 N–H and O–H groups in total. The van der Waals surface area contributed by atoms with Gasteiger partial charge in [0.1, 0.15) is 0 Å². The fourth-order valence-electron chi connectivity index (χ4n) is 0. The molecule has 0 rings (SSSR count). The minimum atomic E-state index is -5.39. The van der Waals surface area contributed by atoms with Crippen LogP contribution in [0.5, 0.6) is 0 Å². The van der Waals surface area contributed by atoms with Crippen molar-refractivity contribution in [2.24, 2.45) is 0 Å². The summed E-state index contributed by atoms with van der Waals surface area (Å²) in [6.07, 6.45) is 0. The average molecular weight is 263 g/mol. The quantitative estimate of drug-likeness (QED) is 0.305. The number of rotatable bonds is 0. The first-order valence-electron chi connectivity index (χ1n) is 1.46. The van der Waals surface area contributed by atoms with Gasteiger partial charge in [0.25, 0.3) is 0 Å². The first-order valence-corrected chi connectivity index (χ1v) is 4.38. The van der Waals surface area contributed by atoms with Crippen LogP contribution >= 0.6 is 15.6 Å². The van der Waals surface area contributed by atoms with E-state index >= 15 is 0 Å². The summed E-state index contributed by atoms with van der Waals surface area (Å²) in [7, 11) is -10.8. The van der Waals surface area contributed by atoms with Crippen molar-refractivity contribution >= 4 is 15.6 Å². The predicted octanol–water partition coefficient (Wildman–Crippen LogP) is -14.6. The van der Waals surface area contributed by atoms with E-state index in [1.807, 2.05) is 0 Å². The smallest absolute Gasteiger partial charge is 0.822 e. The molecule has 0 bridgehead atoms. The van der Waals surface area contributed by atoms with Crippen molar-refractivity contribution in [1.82, 2.24) is 0 Å². The van der Waals surface area contributed by atoms with Crippen molar-refractivity contribution in [2.75, 3.05) is 0 Å². The molecular weight excluding hydrogens is 263 g/mol. The SMILES string of the molecule is O=P([O-])([O-])[O-].O=P([O-])([O-])[O-].[Cr+3].[Li+].[Li+].[Li+]. The third kappa shape index (κ3) is 412. The number of hydrogen-bond acceptors (Lipinski definition) is 8. The Kier molecular flexibility index (Phi) is 39.9. The molecule has 0 aliphatic carbocycles. The molecule has 0 unspecified atom stereocenters. The van der Waals surface area contributed by atoms with Gasteiger partial charge in [-0.15, -0.1) is 0 Å². The Labute approximate surface area is 127 Å². The third-order valence-corrected chi connectivity index (χ3v) is 0. The van der Waals surface area contributed by atoms with Gasteiger partial charge in [-0.25, -0.2) is 0 Å². The zero-order valence-corrected chi connectivity index (χ0v) is 10.6. The van der Waals surface area contributed by atoms with Crippen molar-refractivity contribution in [3.8, 4) is 0 Å². The summed E-state index contributed by atoms with van der Waals surface area (Å²) >= 11 is 0. The minimum absolute atomic E-state index is 0. The fraction of sp³-hybridized carbons (Fsp3) is 0. The Morgan fingerprint density at radius 2 is 0.571 bits per heavy atom. The Morgan fingerprint density at radius 1 is 0.571 bits per heavy atom. The molecule has 0 aromatic heterocycles. The normalized spacial score (nSPS) is 8.43. The van der Waals surface area contributed by atoms with Gasteiger partial charge in [0.15, 0.2) is 0 Å². The minimum Gasteiger partial charge on any atom is -0.822 e. The first-order chi connectivity index (χ1) is 4.00. The van der Waals surface area contributed by atoms with E-state index in [0.29, 0.717) is 0 Å². The molecule has 67 valence electrons. The predicted molar refractivity (Wildman–Crippen MR) is 15.2 cm³/mol. The van der Waals surface area contributed by atoms with Gasteiger partial charge in [-0.3, -0.25) is 0 Å². The molecule has 1 radical (unpaired) electrons. The van der Waals surface area contributed by atoms with Gasteiger partial charge in [0.05, 0.1) is 0 Å². The fourth-order valence-corrected chi connectivity index (χ4v) is 0. The molecule has 14 heteroatoms. The van der Waals surface area contributed by atoms with Gasteiger partial charge < -0.3 is 38.5 Å². The largest absolute Gasteiger partial charge is 3.00 e. The van der Waals surface area contributed by atoms with Crippen LogP contribution in [0.3, 0.4) is 0 Å². The van der Waals surface area contributed by atoms with Crippen molar-refractivity contribution in [1.29, 1.82) is 0 Å². The molecule has 8 nitrogen and oxygen atoms in total. The Balaban J connectivity index is -0.0000000178. The molecule has 0 saturated heterocycles. The van der Waals surface area contributed by atoms with Crippen molar-refractivity contribution < 1.29 is 112 Å². The van der Waals surface area contributed by atoms with Crippen LogP contribution in [0.1, 0.15) is 0 Å². The molecule has 0 amide bonds. The van der Waals surface area contributed by atoms with Crippen molar-refractivity contribution in [2.45, 2.75) is 0 Å². The van der Waals surface area contributed by atoms with Gasteiger partial charge in [-0.05, 0) is 0 Å². The molecule has 0 fully saturated rings. The maximum absolute atomic E-state index is 8.55. The Hall–Kier alpha value is 2.54. The van der Waals surface area contributed by atoms with E-state index < -0.39 is 15.6 Å². The van der Waals surface area contributed by atoms with Crippen LogP contribution < -0.4 is 85.9 Å². The Bertz CT molecular complexity index is 135. The molecule has 14 heavy (non-hydrogen) atoms. The summed E-state index contributed by atoms with van der Waals surface area (Å²) in [5, 5.41) is 0. The summed E-state index contributed by atoms with van der Waals surface area (Å²) in [4.78, 5) is 51.3. The van der Waals surface area contributed by atoms with Gasteiger partial charge in [0, 0.05) is 0 Å². The summed E-state index contributed by atoms with van der Waals surface area (Å²) in [6, 6.07) is 0. The van der Waals surface area contributed by atoms with Crippen LogP contribution in [-0.4, -0.2) is 0 Å². The molecule has 0 saturated carbocycles. The number of phosphoric acid groups is 2. The molecule has 0 aromatic rings. The van der Waals surface area contributed by atoms with Gasteiger partial charge >= 0.3 is 73.9 Å². The molecular formula is CrLi3O8P2. The Morgan fingerprint density at radius 3 is 0.571 bits per heavy atom. The molecule has 0 spiro atoms. The molecule has 0 aromatic carbocycles. The van der Waals surface area contributed by atoms with Crippen LogP contribution in [0.15, 0.2) is 0 Å². The zero-order valence-electron chi connectivity index (χ0n) is 7.57. The van der Waals surface area contributed by atoms with E-state index in [4.69, 9.17) is 38.5 Å². The van der Waals surface area contributed by atoms with Gasteiger partial charge in [0.2, 0.25) is 0 Å². The first kappa shape index (κ1) is 36.0. The second-order valence-electron chi connectivity index (χ2n) is 0.894. The van der Waals surface area contributed by atoms with Gasteiger partial charge in [-0.2, -0.15) is 15.6 Å². The number of hydrogen-bond donors (Lipinski definition) is 0. The van der Waals surface area contributed by atoms with E-state index in [1.165, 1.54) is 0 Å². The summed E-state index contributed by atoms with van der Waals surface area (Å²) < 4.78 is 17.1. The standard InChI is InChI=1S/Cr.3Li.2H3O4P/c;;;;2*1-5(2,3)4/h;;;;2*(H3,1,2,3,4)/q+3;3*+1;;/p-6. The van der Waals surface area contributed by atoms with Crippen LogP contribution in [0.4, 0.5) is 0 Å². The van der Waals surface area contributed by atoms with Crippen molar-refractivity contribution in [3.05, 3.63) is 0 Å². The van der Waals surface area contributed by atoms with Crippen LogP contribution in [0.2, 0.25) is 0 Å². The molecule has 0 atom stereocenters. The maximum atomic E-state index is 8.55. The maximum Gasteiger partial charge on any atom is 3.00 e. The zero-order chi connectivity index (χ0) is 9.00. The van der Waals surface area contributed by atoms with Crippen LogP contribution in [0, 0.1) is 0 Å².